The predicted molar refractivity (Wildman–Crippen MR) is 114 cm³/mol. The number of nitrogens with one attached hydrogen (secondary N) is 2. The summed E-state index contributed by atoms with van der Waals surface area (Å²) in [4.78, 5) is 24.1. The van der Waals surface area contributed by atoms with Crippen LogP contribution in [-0.2, 0) is 16.1 Å². The van der Waals surface area contributed by atoms with E-state index in [1.807, 2.05) is 60.7 Å². The van der Waals surface area contributed by atoms with Gasteiger partial charge in [-0.1, -0.05) is 48.5 Å². The monoisotopic (exact) mass is 404 g/mol. The molecule has 0 atom stereocenters. The smallest absolute Gasteiger partial charge is 0.407 e. The highest BCUT2D eigenvalue weighted by Gasteiger charge is 2.14. The fourth-order valence-electron chi connectivity index (χ4n) is 3.14. The number of hydrogen-bond donors (Lipinski definition) is 2. The molecule has 0 radical (unpaired) electrons. The summed E-state index contributed by atoms with van der Waals surface area (Å²) < 4.78 is 16.4. The minimum Gasteiger partial charge on any atom is -0.495 e. The van der Waals surface area contributed by atoms with Crippen LogP contribution >= 0.6 is 0 Å². The van der Waals surface area contributed by atoms with E-state index in [2.05, 4.69) is 10.6 Å². The molecule has 0 saturated carbocycles. The van der Waals surface area contributed by atoms with Crippen molar-refractivity contribution in [2.45, 2.75) is 6.61 Å². The number of carbonyl (C=O) groups is 2. The predicted octanol–water partition coefficient (Wildman–Crippen LogP) is 4.46. The fourth-order valence-corrected chi connectivity index (χ4v) is 3.14. The van der Waals surface area contributed by atoms with Crippen molar-refractivity contribution >= 4 is 39.6 Å². The van der Waals surface area contributed by atoms with Crippen LogP contribution < -0.4 is 15.4 Å². The molecule has 2 N–H and O–H groups in total. The second-order valence-electron chi connectivity index (χ2n) is 6.61. The molecule has 4 aromatic rings. The highest BCUT2D eigenvalue weighted by Crippen LogP contribution is 2.36. The number of hydrogen-bond acceptors (Lipinski definition) is 5. The summed E-state index contributed by atoms with van der Waals surface area (Å²) in [6, 6.07) is 20.5. The van der Waals surface area contributed by atoms with Crippen LogP contribution in [0.1, 0.15) is 5.56 Å². The van der Waals surface area contributed by atoms with Crippen molar-refractivity contribution in [1.29, 1.82) is 0 Å². The molecule has 0 fully saturated rings. The van der Waals surface area contributed by atoms with E-state index >= 15 is 0 Å². The lowest BCUT2D eigenvalue weighted by Crippen LogP contribution is -2.33. The van der Waals surface area contributed by atoms with Gasteiger partial charge in [0.1, 0.15) is 30.1 Å². The van der Waals surface area contributed by atoms with E-state index in [1.165, 1.54) is 7.11 Å². The van der Waals surface area contributed by atoms with E-state index in [0.717, 1.165) is 21.9 Å². The largest absolute Gasteiger partial charge is 0.495 e. The number of benzene rings is 3. The van der Waals surface area contributed by atoms with Crippen molar-refractivity contribution in [2.75, 3.05) is 19.0 Å². The molecular weight excluding hydrogens is 384 g/mol. The van der Waals surface area contributed by atoms with E-state index in [-0.39, 0.29) is 13.2 Å². The number of carbonyl (C=O) groups excluding carboxylic acids is 2. The van der Waals surface area contributed by atoms with Gasteiger partial charge in [-0.2, -0.15) is 0 Å². The van der Waals surface area contributed by atoms with E-state index in [0.29, 0.717) is 17.0 Å². The summed E-state index contributed by atoms with van der Waals surface area (Å²) >= 11 is 0. The third kappa shape index (κ3) is 4.20. The first-order valence-corrected chi connectivity index (χ1v) is 9.38. The number of ether oxygens (including phenoxy) is 2. The molecule has 152 valence electrons. The van der Waals surface area contributed by atoms with Gasteiger partial charge in [0.25, 0.3) is 0 Å². The summed E-state index contributed by atoms with van der Waals surface area (Å²) in [7, 11) is 1.53. The Kier molecular flexibility index (Phi) is 5.52. The van der Waals surface area contributed by atoms with Gasteiger partial charge in [-0.05, 0) is 17.7 Å². The Balaban J connectivity index is 1.40. The highest BCUT2D eigenvalue weighted by molar-refractivity contribution is 6.08. The minimum atomic E-state index is -0.672. The highest BCUT2D eigenvalue weighted by atomic mass is 16.5. The molecule has 0 aliphatic heterocycles. The van der Waals surface area contributed by atoms with Gasteiger partial charge in [0.2, 0.25) is 5.91 Å². The molecule has 0 bridgehead atoms. The van der Waals surface area contributed by atoms with Gasteiger partial charge in [-0.15, -0.1) is 0 Å². The lowest BCUT2D eigenvalue weighted by atomic mass is 10.1. The molecular formula is C23H20N2O5. The van der Waals surface area contributed by atoms with E-state index in [1.54, 1.807) is 6.07 Å². The summed E-state index contributed by atoms with van der Waals surface area (Å²) in [5.41, 5.74) is 2.69. The number of furan rings is 1. The van der Waals surface area contributed by atoms with Gasteiger partial charge in [-0.25, -0.2) is 4.79 Å². The Bertz CT molecular complexity index is 1200. The second kappa shape index (κ2) is 8.57. The van der Waals surface area contributed by atoms with Crippen molar-refractivity contribution in [3.05, 3.63) is 72.3 Å². The van der Waals surface area contributed by atoms with Crippen LogP contribution in [-0.4, -0.2) is 25.7 Å². The molecule has 3 aromatic carbocycles. The standard InChI is InChI=1S/C23H20N2O5/c1-28-21-11-17-16-9-5-6-10-19(16)30-20(17)12-18(21)25-22(26)13-24-23(27)29-14-15-7-3-2-4-8-15/h2-12H,13-14H2,1H3,(H,24,27)(H,25,26). The first-order valence-electron chi connectivity index (χ1n) is 9.38. The maximum Gasteiger partial charge on any atom is 0.407 e. The maximum atomic E-state index is 12.3. The summed E-state index contributed by atoms with van der Waals surface area (Å²) in [6.45, 7) is -0.111. The number of methoxy groups -OCH3 is 1. The average Bonchev–Trinajstić information content (AvgIpc) is 3.13. The van der Waals surface area contributed by atoms with Crippen LogP contribution in [0, 0.1) is 0 Å². The minimum absolute atomic E-state index is 0.130. The van der Waals surface area contributed by atoms with Gasteiger partial charge in [0.05, 0.1) is 12.8 Å². The van der Waals surface area contributed by atoms with Crippen LogP contribution in [0.4, 0.5) is 10.5 Å². The van der Waals surface area contributed by atoms with E-state index in [4.69, 9.17) is 13.9 Å². The number of amides is 2. The zero-order valence-electron chi connectivity index (χ0n) is 16.3. The average molecular weight is 404 g/mol. The van der Waals surface area contributed by atoms with Crippen LogP contribution in [0.2, 0.25) is 0 Å². The Labute approximate surface area is 172 Å². The van der Waals surface area contributed by atoms with E-state index < -0.39 is 12.0 Å². The van der Waals surface area contributed by atoms with Gasteiger partial charge in [-0.3, -0.25) is 4.79 Å². The van der Waals surface area contributed by atoms with Gasteiger partial charge in [0, 0.05) is 16.8 Å². The SMILES string of the molecule is COc1cc2c(cc1NC(=O)CNC(=O)OCc1ccccc1)oc1ccccc12. The second-order valence-corrected chi connectivity index (χ2v) is 6.61. The molecule has 7 heteroatoms. The van der Waals surface area contributed by atoms with Gasteiger partial charge < -0.3 is 24.5 Å². The molecule has 1 heterocycles. The lowest BCUT2D eigenvalue weighted by molar-refractivity contribution is -0.115. The molecule has 1 aromatic heterocycles. The lowest BCUT2D eigenvalue weighted by Gasteiger charge is -2.11. The van der Waals surface area contributed by atoms with Crippen molar-refractivity contribution in [3.8, 4) is 5.75 Å². The fraction of sp³-hybridized carbons (Fsp3) is 0.130. The van der Waals surface area contributed by atoms with Crippen molar-refractivity contribution in [1.82, 2.24) is 5.32 Å². The number of para-hydroxylation sites is 1. The third-order valence-electron chi connectivity index (χ3n) is 4.58. The van der Waals surface area contributed by atoms with Gasteiger partial charge in [0.15, 0.2) is 0 Å². The number of fused-ring (bicyclic) bond motifs is 3. The first kappa shape index (κ1) is 19.3. The van der Waals surface area contributed by atoms with Crippen LogP contribution in [0.3, 0.4) is 0 Å². The molecule has 4 rings (SSSR count). The third-order valence-corrected chi connectivity index (χ3v) is 4.58. The molecule has 7 nitrogen and oxygen atoms in total. The topological polar surface area (TPSA) is 89.8 Å². The Morgan fingerprint density at radius 1 is 0.933 bits per heavy atom. The van der Waals surface area contributed by atoms with Crippen molar-refractivity contribution < 1.29 is 23.5 Å². The van der Waals surface area contributed by atoms with Crippen LogP contribution in [0.15, 0.2) is 71.1 Å². The van der Waals surface area contributed by atoms with Crippen LogP contribution in [0.5, 0.6) is 5.75 Å². The number of anilines is 1. The Hall–Kier alpha value is -4.00. The molecule has 0 aliphatic rings. The quantitative estimate of drug-likeness (QED) is 0.495. The Morgan fingerprint density at radius 2 is 1.70 bits per heavy atom. The van der Waals surface area contributed by atoms with Gasteiger partial charge >= 0.3 is 6.09 Å². The molecule has 0 unspecified atom stereocenters. The normalized spacial score (nSPS) is 10.7. The maximum absolute atomic E-state index is 12.3. The van der Waals surface area contributed by atoms with Crippen molar-refractivity contribution in [2.24, 2.45) is 0 Å². The first-order chi connectivity index (χ1) is 14.6. The molecule has 0 aliphatic carbocycles. The molecule has 0 spiro atoms. The zero-order valence-corrected chi connectivity index (χ0v) is 16.3. The van der Waals surface area contributed by atoms with Crippen molar-refractivity contribution in [3.63, 3.8) is 0 Å². The Morgan fingerprint density at radius 3 is 2.50 bits per heavy atom. The van der Waals surface area contributed by atoms with E-state index in [9.17, 15) is 9.59 Å². The summed E-state index contributed by atoms with van der Waals surface area (Å²) in [5, 5.41) is 7.02. The summed E-state index contributed by atoms with van der Waals surface area (Å²) in [5.74, 6) is 0.0782. The number of rotatable bonds is 6. The molecule has 30 heavy (non-hydrogen) atoms. The zero-order chi connectivity index (χ0) is 20.9. The summed E-state index contributed by atoms with van der Waals surface area (Å²) in [6.07, 6.45) is -0.672. The molecule has 2 amide bonds. The molecule has 0 saturated heterocycles. The number of alkyl carbamates (subject to hydrolysis) is 1. The van der Waals surface area contributed by atoms with Crippen LogP contribution in [0.25, 0.3) is 21.9 Å².